The SMILES string of the molecule is O=c1[nH]c(Cl)nc2c1CCOCC2. The van der Waals surface area contributed by atoms with E-state index in [9.17, 15) is 4.79 Å². The molecule has 1 aromatic heterocycles. The van der Waals surface area contributed by atoms with E-state index < -0.39 is 0 Å². The number of aromatic nitrogens is 2. The second kappa shape index (κ2) is 3.47. The van der Waals surface area contributed by atoms with Crippen molar-refractivity contribution >= 4 is 11.6 Å². The van der Waals surface area contributed by atoms with Crippen LogP contribution in [0.15, 0.2) is 4.79 Å². The van der Waals surface area contributed by atoms with Crippen LogP contribution in [0.1, 0.15) is 11.3 Å². The van der Waals surface area contributed by atoms with Crippen LogP contribution in [0.4, 0.5) is 0 Å². The summed E-state index contributed by atoms with van der Waals surface area (Å²) in [4.78, 5) is 17.9. The Kier molecular flexibility index (Phi) is 2.33. The zero-order valence-electron chi connectivity index (χ0n) is 6.97. The van der Waals surface area contributed by atoms with Gasteiger partial charge < -0.3 is 4.74 Å². The highest BCUT2D eigenvalue weighted by Gasteiger charge is 2.13. The fraction of sp³-hybridized carbons (Fsp3) is 0.500. The van der Waals surface area contributed by atoms with Gasteiger partial charge in [-0.1, -0.05) is 0 Å². The summed E-state index contributed by atoms with van der Waals surface area (Å²) in [5, 5.41) is 0.158. The molecule has 0 bridgehead atoms. The molecule has 0 amide bonds. The van der Waals surface area contributed by atoms with Gasteiger partial charge in [0, 0.05) is 18.4 Å². The molecule has 0 saturated heterocycles. The first-order valence-electron chi connectivity index (χ1n) is 4.12. The molecule has 0 aromatic carbocycles. The molecule has 0 fully saturated rings. The summed E-state index contributed by atoms with van der Waals surface area (Å²) in [5.41, 5.74) is 1.34. The molecule has 0 atom stereocenters. The lowest BCUT2D eigenvalue weighted by Crippen LogP contribution is -2.17. The number of H-pyrrole nitrogens is 1. The van der Waals surface area contributed by atoms with Gasteiger partial charge in [-0.05, 0) is 11.6 Å². The Morgan fingerprint density at radius 1 is 1.38 bits per heavy atom. The van der Waals surface area contributed by atoms with Crippen LogP contribution in [-0.2, 0) is 17.6 Å². The third kappa shape index (κ3) is 1.73. The molecule has 2 heterocycles. The van der Waals surface area contributed by atoms with Crippen molar-refractivity contribution in [2.75, 3.05) is 13.2 Å². The fourth-order valence-corrected chi connectivity index (χ4v) is 1.61. The quantitative estimate of drug-likeness (QED) is 0.622. The smallest absolute Gasteiger partial charge is 0.255 e. The third-order valence-electron chi connectivity index (χ3n) is 2.05. The van der Waals surface area contributed by atoms with E-state index in [1.165, 1.54) is 0 Å². The van der Waals surface area contributed by atoms with Crippen molar-refractivity contribution in [3.63, 3.8) is 0 Å². The molecule has 0 unspecified atom stereocenters. The predicted octanol–water partition coefficient (Wildman–Crippen LogP) is 0.538. The minimum absolute atomic E-state index is 0.138. The fourth-order valence-electron chi connectivity index (χ4n) is 1.42. The molecular formula is C8H9ClN2O2. The summed E-state index contributed by atoms with van der Waals surface area (Å²) in [6, 6.07) is 0. The van der Waals surface area contributed by atoms with E-state index in [1.807, 2.05) is 0 Å². The molecular weight excluding hydrogens is 192 g/mol. The molecule has 1 aliphatic rings. The van der Waals surface area contributed by atoms with Crippen molar-refractivity contribution in [3.05, 3.63) is 26.9 Å². The third-order valence-corrected chi connectivity index (χ3v) is 2.23. The van der Waals surface area contributed by atoms with Crippen LogP contribution >= 0.6 is 11.6 Å². The first kappa shape index (κ1) is 8.72. The Hall–Kier alpha value is -0.870. The highest BCUT2D eigenvalue weighted by molar-refractivity contribution is 6.28. The number of hydrogen-bond acceptors (Lipinski definition) is 3. The van der Waals surface area contributed by atoms with E-state index in [0.29, 0.717) is 31.6 Å². The van der Waals surface area contributed by atoms with Gasteiger partial charge in [0.25, 0.3) is 5.56 Å². The molecule has 0 saturated carbocycles. The average Bonchev–Trinajstić information content (AvgIpc) is 2.28. The molecule has 13 heavy (non-hydrogen) atoms. The van der Waals surface area contributed by atoms with Crippen molar-refractivity contribution in [1.29, 1.82) is 0 Å². The maximum absolute atomic E-state index is 11.4. The van der Waals surface area contributed by atoms with Crippen LogP contribution < -0.4 is 5.56 Å². The van der Waals surface area contributed by atoms with E-state index in [0.717, 1.165) is 5.69 Å². The highest BCUT2D eigenvalue weighted by Crippen LogP contribution is 2.09. The van der Waals surface area contributed by atoms with Gasteiger partial charge in [-0.3, -0.25) is 9.78 Å². The highest BCUT2D eigenvalue weighted by atomic mass is 35.5. The van der Waals surface area contributed by atoms with Crippen molar-refractivity contribution in [2.24, 2.45) is 0 Å². The molecule has 4 nitrogen and oxygen atoms in total. The second-order valence-electron chi connectivity index (χ2n) is 2.89. The Labute approximate surface area is 79.9 Å². The summed E-state index contributed by atoms with van der Waals surface area (Å²) < 4.78 is 5.24. The van der Waals surface area contributed by atoms with E-state index in [-0.39, 0.29) is 10.8 Å². The van der Waals surface area contributed by atoms with Crippen molar-refractivity contribution < 1.29 is 4.74 Å². The summed E-state index contributed by atoms with van der Waals surface area (Å²) in [7, 11) is 0. The molecule has 1 aliphatic heterocycles. The lowest BCUT2D eigenvalue weighted by molar-refractivity contribution is 0.146. The Morgan fingerprint density at radius 3 is 3.00 bits per heavy atom. The van der Waals surface area contributed by atoms with Gasteiger partial charge in [-0.2, -0.15) is 0 Å². The molecule has 2 rings (SSSR count). The normalized spacial score (nSPS) is 16.4. The molecule has 1 N–H and O–H groups in total. The van der Waals surface area contributed by atoms with E-state index in [1.54, 1.807) is 0 Å². The van der Waals surface area contributed by atoms with Gasteiger partial charge in [0.05, 0.1) is 18.9 Å². The van der Waals surface area contributed by atoms with Crippen LogP contribution in [-0.4, -0.2) is 23.2 Å². The van der Waals surface area contributed by atoms with Crippen molar-refractivity contribution in [2.45, 2.75) is 12.8 Å². The summed E-state index contributed by atoms with van der Waals surface area (Å²) in [6.07, 6.45) is 1.29. The number of aromatic amines is 1. The van der Waals surface area contributed by atoms with Gasteiger partial charge in [-0.15, -0.1) is 0 Å². The molecule has 0 aliphatic carbocycles. The van der Waals surface area contributed by atoms with Gasteiger partial charge in [0.2, 0.25) is 5.28 Å². The zero-order chi connectivity index (χ0) is 9.26. The van der Waals surface area contributed by atoms with Crippen molar-refractivity contribution in [1.82, 2.24) is 9.97 Å². The first-order valence-corrected chi connectivity index (χ1v) is 4.50. The Balaban J connectivity index is 2.53. The van der Waals surface area contributed by atoms with E-state index in [2.05, 4.69) is 9.97 Å². The minimum atomic E-state index is -0.138. The van der Waals surface area contributed by atoms with Crippen LogP contribution in [0, 0.1) is 0 Å². The topological polar surface area (TPSA) is 55.0 Å². The number of nitrogens with one attached hydrogen (secondary N) is 1. The van der Waals surface area contributed by atoms with Gasteiger partial charge >= 0.3 is 0 Å². The van der Waals surface area contributed by atoms with E-state index >= 15 is 0 Å². The average molecular weight is 201 g/mol. The summed E-state index contributed by atoms with van der Waals surface area (Å²) in [5.74, 6) is 0. The maximum atomic E-state index is 11.4. The van der Waals surface area contributed by atoms with Crippen LogP contribution in [0.2, 0.25) is 5.28 Å². The zero-order valence-corrected chi connectivity index (χ0v) is 7.73. The predicted molar refractivity (Wildman–Crippen MR) is 48.1 cm³/mol. The maximum Gasteiger partial charge on any atom is 0.255 e. The van der Waals surface area contributed by atoms with Crippen LogP contribution in [0.25, 0.3) is 0 Å². The number of ether oxygens (including phenoxy) is 1. The largest absolute Gasteiger partial charge is 0.381 e. The Morgan fingerprint density at radius 2 is 2.15 bits per heavy atom. The number of fused-ring (bicyclic) bond motifs is 1. The number of nitrogens with zero attached hydrogens (tertiary/aromatic N) is 1. The van der Waals surface area contributed by atoms with Crippen LogP contribution in [0.5, 0.6) is 0 Å². The summed E-state index contributed by atoms with van der Waals surface area (Å²) in [6.45, 7) is 1.19. The second-order valence-corrected chi connectivity index (χ2v) is 3.25. The lowest BCUT2D eigenvalue weighted by Gasteiger charge is -2.01. The standard InChI is InChI=1S/C8H9ClN2O2/c9-8-10-6-2-4-13-3-1-5(6)7(12)11-8/h1-4H2,(H,10,11,12). The Bertz CT molecular complexity index is 375. The molecule has 1 aromatic rings. The van der Waals surface area contributed by atoms with Crippen molar-refractivity contribution in [3.8, 4) is 0 Å². The monoisotopic (exact) mass is 200 g/mol. The molecule has 5 heteroatoms. The number of hydrogen-bond donors (Lipinski definition) is 1. The number of halogens is 1. The minimum Gasteiger partial charge on any atom is -0.381 e. The number of rotatable bonds is 0. The molecule has 70 valence electrons. The van der Waals surface area contributed by atoms with Gasteiger partial charge in [0.1, 0.15) is 0 Å². The van der Waals surface area contributed by atoms with Gasteiger partial charge in [0.15, 0.2) is 0 Å². The molecule has 0 radical (unpaired) electrons. The lowest BCUT2D eigenvalue weighted by atomic mass is 10.1. The van der Waals surface area contributed by atoms with Gasteiger partial charge in [-0.25, -0.2) is 4.98 Å². The molecule has 0 spiro atoms. The van der Waals surface area contributed by atoms with E-state index in [4.69, 9.17) is 16.3 Å². The first-order chi connectivity index (χ1) is 6.27. The summed E-state index contributed by atoms with van der Waals surface area (Å²) >= 11 is 5.63. The van der Waals surface area contributed by atoms with Crippen LogP contribution in [0.3, 0.4) is 0 Å².